The van der Waals surface area contributed by atoms with Crippen molar-refractivity contribution in [1.29, 1.82) is 0 Å². The third kappa shape index (κ3) is 3.24. The van der Waals surface area contributed by atoms with Gasteiger partial charge in [-0.25, -0.2) is 0 Å². The highest BCUT2D eigenvalue weighted by Gasteiger charge is 2.20. The largest absolute Gasteiger partial charge is 0.461 e. The quantitative estimate of drug-likeness (QED) is 0.897. The third-order valence-electron chi connectivity index (χ3n) is 4.44. The molecule has 3 heteroatoms. The minimum Gasteiger partial charge on any atom is -0.461 e. The first-order valence-corrected chi connectivity index (χ1v) is 8.12. The van der Waals surface area contributed by atoms with Gasteiger partial charge in [0.05, 0.1) is 5.56 Å². The summed E-state index contributed by atoms with van der Waals surface area (Å²) in [5.41, 5.74) is 2.87. The Morgan fingerprint density at radius 3 is 2.45 bits per heavy atom. The second-order valence-corrected chi connectivity index (χ2v) is 6.25. The van der Waals surface area contributed by atoms with Gasteiger partial charge in [-0.15, -0.1) is 0 Å². The van der Waals surface area contributed by atoms with E-state index in [-0.39, 0.29) is 5.91 Å². The van der Waals surface area contributed by atoms with Crippen LogP contribution in [0.1, 0.15) is 53.8 Å². The Morgan fingerprint density at radius 2 is 1.77 bits per heavy atom. The molecule has 1 aromatic heterocycles. The number of carbonyl (C=O) groups is 1. The van der Waals surface area contributed by atoms with Crippen LogP contribution in [0.4, 0.5) is 0 Å². The fourth-order valence-electron chi connectivity index (χ4n) is 3.08. The predicted molar refractivity (Wildman–Crippen MR) is 88.0 cm³/mol. The van der Waals surface area contributed by atoms with E-state index in [4.69, 9.17) is 4.42 Å². The summed E-state index contributed by atoms with van der Waals surface area (Å²) < 4.78 is 5.79. The van der Waals surface area contributed by atoms with Crippen molar-refractivity contribution in [2.24, 2.45) is 0 Å². The second-order valence-electron chi connectivity index (χ2n) is 6.25. The van der Waals surface area contributed by atoms with Gasteiger partial charge in [0.2, 0.25) is 0 Å². The van der Waals surface area contributed by atoms with Crippen LogP contribution in [0.25, 0.3) is 11.3 Å². The minimum atomic E-state index is -0.00786. The molecule has 1 aromatic carbocycles. The number of benzene rings is 1. The van der Waals surface area contributed by atoms with Crippen molar-refractivity contribution < 1.29 is 9.21 Å². The molecule has 0 spiro atoms. The Bertz CT molecular complexity index is 649. The van der Waals surface area contributed by atoms with Gasteiger partial charge in [0.25, 0.3) is 5.91 Å². The lowest BCUT2D eigenvalue weighted by molar-refractivity contribution is 0.0926. The van der Waals surface area contributed by atoms with Crippen molar-refractivity contribution in [3.8, 4) is 11.3 Å². The van der Waals surface area contributed by atoms with Gasteiger partial charge in [-0.3, -0.25) is 4.79 Å². The molecule has 0 atom stereocenters. The van der Waals surface area contributed by atoms with E-state index in [0.717, 1.165) is 24.2 Å². The molecule has 3 rings (SSSR count). The normalized spacial score (nSPS) is 15.7. The average Bonchev–Trinajstić information content (AvgIpc) is 2.91. The number of carbonyl (C=O) groups excluding carboxylic acids is 1. The van der Waals surface area contributed by atoms with Gasteiger partial charge in [-0.1, -0.05) is 49.1 Å². The lowest BCUT2D eigenvalue weighted by Gasteiger charge is -2.22. The van der Waals surface area contributed by atoms with Crippen LogP contribution in [-0.2, 0) is 0 Å². The number of aryl methyl sites for hydroxylation is 2. The molecule has 2 aromatic rings. The molecular weight excluding hydrogens is 274 g/mol. The zero-order valence-corrected chi connectivity index (χ0v) is 13.3. The first-order valence-electron chi connectivity index (χ1n) is 8.12. The van der Waals surface area contributed by atoms with Crippen LogP contribution < -0.4 is 5.32 Å². The summed E-state index contributed by atoms with van der Waals surface area (Å²) in [5.74, 6) is 1.43. The van der Waals surface area contributed by atoms with Gasteiger partial charge >= 0.3 is 0 Å². The van der Waals surface area contributed by atoms with Crippen LogP contribution >= 0.6 is 0 Å². The number of nitrogens with one attached hydrogen (secondary N) is 1. The van der Waals surface area contributed by atoms with Gasteiger partial charge in [-0.05, 0) is 32.8 Å². The lowest BCUT2D eigenvalue weighted by atomic mass is 9.95. The number of hydrogen-bond donors (Lipinski definition) is 1. The maximum absolute atomic E-state index is 12.5. The molecule has 22 heavy (non-hydrogen) atoms. The van der Waals surface area contributed by atoms with Crippen LogP contribution in [0, 0.1) is 13.8 Å². The molecule has 1 saturated carbocycles. The molecule has 0 radical (unpaired) electrons. The molecular formula is C19H23NO2. The molecule has 1 fully saturated rings. The van der Waals surface area contributed by atoms with Gasteiger partial charge in [0.1, 0.15) is 11.5 Å². The standard InChI is InChI=1S/C19H23NO2/c1-13-8-10-15(11-9-13)18-12-17(14(2)22-18)19(21)20-16-6-4-3-5-7-16/h8-12,16H,3-7H2,1-2H3,(H,20,21). The van der Waals surface area contributed by atoms with Crippen molar-refractivity contribution >= 4 is 5.91 Å². The Labute approximate surface area is 131 Å². The van der Waals surface area contributed by atoms with Crippen molar-refractivity contribution in [2.75, 3.05) is 0 Å². The maximum atomic E-state index is 12.5. The van der Waals surface area contributed by atoms with E-state index in [1.165, 1.54) is 24.8 Å². The molecule has 1 aliphatic rings. The van der Waals surface area contributed by atoms with E-state index in [9.17, 15) is 4.79 Å². The highest BCUT2D eigenvalue weighted by molar-refractivity contribution is 5.96. The van der Waals surface area contributed by atoms with Crippen molar-refractivity contribution in [3.05, 3.63) is 47.2 Å². The zero-order valence-electron chi connectivity index (χ0n) is 13.3. The highest BCUT2D eigenvalue weighted by Crippen LogP contribution is 2.26. The van der Waals surface area contributed by atoms with Crippen LogP contribution in [0.15, 0.2) is 34.7 Å². The fourth-order valence-corrected chi connectivity index (χ4v) is 3.08. The zero-order chi connectivity index (χ0) is 15.5. The molecule has 3 nitrogen and oxygen atoms in total. The molecule has 0 aliphatic heterocycles. The Balaban J connectivity index is 1.76. The monoisotopic (exact) mass is 297 g/mol. The molecule has 1 amide bonds. The summed E-state index contributed by atoms with van der Waals surface area (Å²) in [6, 6.07) is 10.3. The maximum Gasteiger partial charge on any atom is 0.255 e. The smallest absolute Gasteiger partial charge is 0.255 e. The van der Waals surface area contributed by atoms with E-state index < -0.39 is 0 Å². The molecule has 1 N–H and O–H groups in total. The molecule has 0 unspecified atom stereocenters. The summed E-state index contributed by atoms with van der Waals surface area (Å²) in [7, 11) is 0. The average molecular weight is 297 g/mol. The van der Waals surface area contributed by atoms with E-state index in [1.54, 1.807) is 0 Å². The lowest BCUT2D eigenvalue weighted by Crippen LogP contribution is -2.36. The SMILES string of the molecule is Cc1ccc(-c2cc(C(=O)NC3CCCCC3)c(C)o2)cc1. The number of amides is 1. The van der Waals surface area contributed by atoms with E-state index in [0.29, 0.717) is 17.4 Å². The third-order valence-corrected chi connectivity index (χ3v) is 4.44. The molecule has 0 bridgehead atoms. The number of hydrogen-bond acceptors (Lipinski definition) is 2. The molecule has 1 aliphatic carbocycles. The van der Waals surface area contributed by atoms with Crippen LogP contribution in [0.5, 0.6) is 0 Å². The van der Waals surface area contributed by atoms with Crippen molar-refractivity contribution in [2.45, 2.75) is 52.0 Å². The Hall–Kier alpha value is -2.03. The van der Waals surface area contributed by atoms with Crippen molar-refractivity contribution in [3.63, 3.8) is 0 Å². The van der Waals surface area contributed by atoms with Gasteiger partial charge in [0, 0.05) is 11.6 Å². The first-order chi connectivity index (χ1) is 10.6. The number of furan rings is 1. The number of rotatable bonds is 3. The topological polar surface area (TPSA) is 42.2 Å². The summed E-state index contributed by atoms with van der Waals surface area (Å²) in [5, 5.41) is 3.15. The Kier molecular flexibility index (Phi) is 4.32. The van der Waals surface area contributed by atoms with E-state index >= 15 is 0 Å². The second kappa shape index (κ2) is 6.39. The molecule has 1 heterocycles. The van der Waals surface area contributed by atoms with E-state index in [1.807, 2.05) is 25.1 Å². The highest BCUT2D eigenvalue weighted by atomic mass is 16.3. The predicted octanol–water partition coefficient (Wildman–Crippen LogP) is 4.63. The van der Waals surface area contributed by atoms with E-state index in [2.05, 4.69) is 24.4 Å². The summed E-state index contributed by atoms with van der Waals surface area (Å²) >= 11 is 0. The summed E-state index contributed by atoms with van der Waals surface area (Å²) in [4.78, 5) is 12.5. The fraction of sp³-hybridized carbons (Fsp3) is 0.421. The minimum absolute atomic E-state index is 0.00786. The van der Waals surface area contributed by atoms with Crippen LogP contribution in [-0.4, -0.2) is 11.9 Å². The van der Waals surface area contributed by atoms with Crippen molar-refractivity contribution in [1.82, 2.24) is 5.32 Å². The Morgan fingerprint density at radius 1 is 1.09 bits per heavy atom. The molecule has 116 valence electrons. The van der Waals surface area contributed by atoms with Gasteiger partial charge in [-0.2, -0.15) is 0 Å². The molecule has 0 saturated heterocycles. The van der Waals surface area contributed by atoms with Crippen LogP contribution in [0.2, 0.25) is 0 Å². The van der Waals surface area contributed by atoms with Crippen LogP contribution in [0.3, 0.4) is 0 Å². The summed E-state index contributed by atoms with van der Waals surface area (Å²) in [6.07, 6.45) is 5.89. The first kappa shape index (κ1) is 14.9. The van der Waals surface area contributed by atoms with Gasteiger partial charge in [0.15, 0.2) is 0 Å². The van der Waals surface area contributed by atoms with Gasteiger partial charge < -0.3 is 9.73 Å². The summed E-state index contributed by atoms with van der Waals surface area (Å²) in [6.45, 7) is 3.91.